The molecule has 0 spiro atoms. The second kappa shape index (κ2) is 6.19. The van der Waals surface area contributed by atoms with Crippen molar-refractivity contribution >= 4 is 52.3 Å². The molecule has 0 aliphatic carbocycles. The van der Waals surface area contributed by atoms with Gasteiger partial charge in [-0.1, -0.05) is 46.6 Å². The zero-order chi connectivity index (χ0) is 14.0. The molecule has 0 heterocycles. The average molecular weight is 332 g/mol. The molecule has 0 fully saturated rings. The summed E-state index contributed by atoms with van der Waals surface area (Å²) < 4.78 is 0. The molecule has 0 bridgehead atoms. The first-order valence-electron chi connectivity index (χ1n) is 5.41. The first-order valence-corrected chi connectivity index (χ1v) is 7.36. The summed E-state index contributed by atoms with van der Waals surface area (Å²) in [5, 5.41) is 1.69. The molecule has 0 radical (unpaired) electrons. The van der Waals surface area contributed by atoms with Crippen LogP contribution in [0.5, 0.6) is 0 Å². The summed E-state index contributed by atoms with van der Waals surface area (Å²) >= 11 is 19.6. The maximum Gasteiger partial charge on any atom is 0.161 e. The van der Waals surface area contributed by atoms with Gasteiger partial charge in [0, 0.05) is 20.4 Å². The van der Waals surface area contributed by atoms with E-state index in [9.17, 15) is 4.79 Å². The summed E-state index contributed by atoms with van der Waals surface area (Å²) in [6, 6.07) is 10.6. The van der Waals surface area contributed by atoms with Crippen molar-refractivity contribution in [3.63, 3.8) is 0 Å². The van der Waals surface area contributed by atoms with Gasteiger partial charge in [0.2, 0.25) is 0 Å². The van der Waals surface area contributed by atoms with E-state index >= 15 is 0 Å². The summed E-state index contributed by atoms with van der Waals surface area (Å²) in [5.41, 5.74) is 0.517. The fourth-order valence-corrected chi connectivity index (χ4v) is 3.29. The third kappa shape index (κ3) is 3.67. The van der Waals surface area contributed by atoms with Gasteiger partial charge in [-0.15, -0.1) is 0 Å². The summed E-state index contributed by atoms with van der Waals surface area (Å²) in [6.07, 6.45) is 0. The quantitative estimate of drug-likeness (QED) is 0.641. The predicted molar refractivity (Wildman–Crippen MR) is 82.0 cm³/mol. The highest BCUT2D eigenvalue weighted by Gasteiger charge is 2.09. The maximum atomic E-state index is 11.3. The van der Waals surface area contributed by atoms with E-state index in [1.807, 2.05) is 6.07 Å². The number of ketones is 1. The molecule has 0 saturated heterocycles. The first kappa shape index (κ1) is 14.7. The average Bonchev–Trinajstić information content (AvgIpc) is 2.33. The van der Waals surface area contributed by atoms with E-state index in [1.165, 1.54) is 18.7 Å². The molecule has 0 aliphatic rings. The third-order valence-corrected chi connectivity index (χ3v) is 4.48. The Kier molecular flexibility index (Phi) is 4.80. The van der Waals surface area contributed by atoms with Crippen LogP contribution in [-0.4, -0.2) is 5.78 Å². The van der Waals surface area contributed by atoms with Crippen LogP contribution in [0, 0.1) is 0 Å². The Morgan fingerprint density at radius 2 is 1.74 bits per heavy atom. The van der Waals surface area contributed by atoms with Crippen LogP contribution in [0.4, 0.5) is 0 Å². The van der Waals surface area contributed by atoms with Crippen molar-refractivity contribution in [3.8, 4) is 0 Å². The van der Waals surface area contributed by atoms with Crippen LogP contribution in [0.1, 0.15) is 17.3 Å². The lowest BCUT2D eigenvalue weighted by atomic mass is 10.1. The van der Waals surface area contributed by atoms with Crippen LogP contribution in [0.3, 0.4) is 0 Å². The lowest BCUT2D eigenvalue weighted by Gasteiger charge is -2.07. The fraction of sp³-hybridized carbons (Fsp3) is 0.0714. The predicted octanol–water partition coefficient (Wildman–Crippen LogP) is 6.00. The van der Waals surface area contributed by atoms with Crippen LogP contribution in [-0.2, 0) is 0 Å². The number of hydrogen-bond acceptors (Lipinski definition) is 2. The van der Waals surface area contributed by atoms with Gasteiger partial charge in [0.1, 0.15) is 0 Å². The second-order valence-corrected chi connectivity index (χ2v) is 6.24. The van der Waals surface area contributed by atoms with E-state index in [0.717, 1.165) is 9.79 Å². The zero-order valence-electron chi connectivity index (χ0n) is 9.91. The van der Waals surface area contributed by atoms with Crippen molar-refractivity contribution in [3.05, 3.63) is 57.0 Å². The standard InChI is InChI=1S/C14H9Cl3OS/c1-8(18)11-4-3-10(7-13(11)17)19-14-6-9(15)2-5-12(14)16/h2-7H,1H3. The van der Waals surface area contributed by atoms with E-state index in [1.54, 1.807) is 30.3 Å². The van der Waals surface area contributed by atoms with Gasteiger partial charge in [0.25, 0.3) is 0 Å². The fourth-order valence-electron chi connectivity index (χ4n) is 1.53. The molecule has 2 aromatic carbocycles. The minimum absolute atomic E-state index is 0.0534. The van der Waals surface area contributed by atoms with Gasteiger partial charge in [0.15, 0.2) is 5.78 Å². The van der Waals surface area contributed by atoms with Gasteiger partial charge < -0.3 is 0 Å². The van der Waals surface area contributed by atoms with Crippen LogP contribution >= 0.6 is 46.6 Å². The molecule has 0 aromatic heterocycles. The van der Waals surface area contributed by atoms with Crippen LogP contribution in [0.25, 0.3) is 0 Å². The summed E-state index contributed by atoms with van der Waals surface area (Å²) in [5.74, 6) is -0.0534. The van der Waals surface area contributed by atoms with Gasteiger partial charge in [-0.3, -0.25) is 4.79 Å². The Morgan fingerprint density at radius 1 is 1.00 bits per heavy atom. The molecule has 0 saturated carbocycles. The molecule has 0 aliphatic heterocycles. The Balaban J connectivity index is 2.31. The van der Waals surface area contributed by atoms with E-state index in [0.29, 0.717) is 20.6 Å². The molecule has 0 N–H and O–H groups in total. The van der Waals surface area contributed by atoms with Crippen molar-refractivity contribution in [1.29, 1.82) is 0 Å². The smallest absolute Gasteiger partial charge is 0.161 e. The molecule has 5 heteroatoms. The maximum absolute atomic E-state index is 11.3. The summed E-state index contributed by atoms with van der Waals surface area (Å²) in [4.78, 5) is 13.1. The zero-order valence-corrected chi connectivity index (χ0v) is 13.0. The van der Waals surface area contributed by atoms with E-state index in [-0.39, 0.29) is 5.78 Å². The van der Waals surface area contributed by atoms with Crippen molar-refractivity contribution in [1.82, 2.24) is 0 Å². The van der Waals surface area contributed by atoms with Gasteiger partial charge >= 0.3 is 0 Å². The third-order valence-electron chi connectivity index (χ3n) is 2.44. The Morgan fingerprint density at radius 3 is 2.37 bits per heavy atom. The van der Waals surface area contributed by atoms with E-state index < -0.39 is 0 Å². The largest absolute Gasteiger partial charge is 0.294 e. The molecule has 1 nitrogen and oxygen atoms in total. The molecule has 0 atom stereocenters. The SMILES string of the molecule is CC(=O)c1ccc(Sc2cc(Cl)ccc2Cl)cc1Cl. The van der Waals surface area contributed by atoms with Gasteiger partial charge in [-0.2, -0.15) is 0 Å². The Labute approximate surface area is 130 Å². The highest BCUT2D eigenvalue weighted by Crippen LogP contribution is 2.36. The van der Waals surface area contributed by atoms with Crippen molar-refractivity contribution in [2.45, 2.75) is 16.7 Å². The Hall–Kier alpha value is -0.670. The van der Waals surface area contributed by atoms with Crippen molar-refractivity contribution in [2.24, 2.45) is 0 Å². The van der Waals surface area contributed by atoms with Gasteiger partial charge in [-0.25, -0.2) is 0 Å². The number of carbonyl (C=O) groups is 1. The number of Topliss-reactive ketones (excluding diaryl/α,β-unsaturated/α-hetero) is 1. The molecule has 2 aromatic rings. The second-order valence-electron chi connectivity index (χ2n) is 3.87. The highest BCUT2D eigenvalue weighted by molar-refractivity contribution is 7.99. The van der Waals surface area contributed by atoms with Crippen LogP contribution in [0.15, 0.2) is 46.2 Å². The van der Waals surface area contributed by atoms with Crippen molar-refractivity contribution in [2.75, 3.05) is 0 Å². The normalized spacial score (nSPS) is 10.5. The van der Waals surface area contributed by atoms with Crippen LogP contribution < -0.4 is 0 Å². The molecular weight excluding hydrogens is 323 g/mol. The molecular formula is C14H9Cl3OS. The lowest BCUT2D eigenvalue weighted by Crippen LogP contribution is -1.92. The molecule has 2 rings (SSSR count). The minimum atomic E-state index is -0.0534. The lowest BCUT2D eigenvalue weighted by molar-refractivity contribution is 0.101. The molecule has 0 amide bonds. The number of carbonyl (C=O) groups excluding carboxylic acids is 1. The molecule has 98 valence electrons. The minimum Gasteiger partial charge on any atom is -0.294 e. The van der Waals surface area contributed by atoms with E-state index in [4.69, 9.17) is 34.8 Å². The number of halogens is 3. The Bertz CT molecular complexity index is 641. The summed E-state index contributed by atoms with van der Waals surface area (Å²) in [7, 11) is 0. The number of benzene rings is 2. The number of hydrogen-bond donors (Lipinski definition) is 0. The topological polar surface area (TPSA) is 17.1 Å². The van der Waals surface area contributed by atoms with Gasteiger partial charge in [-0.05, 0) is 43.3 Å². The summed E-state index contributed by atoms with van der Waals surface area (Å²) in [6.45, 7) is 1.49. The van der Waals surface area contributed by atoms with Crippen LogP contribution in [0.2, 0.25) is 15.1 Å². The number of rotatable bonds is 3. The highest BCUT2D eigenvalue weighted by atomic mass is 35.5. The van der Waals surface area contributed by atoms with Crippen molar-refractivity contribution < 1.29 is 4.79 Å². The monoisotopic (exact) mass is 330 g/mol. The first-order chi connectivity index (χ1) is 8.97. The van der Waals surface area contributed by atoms with Gasteiger partial charge in [0.05, 0.1) is 10.0 Å². The van der Waals surface area contributed by atoms with E-state index in [2.05, 4.69) is 0 Å². The molecule has 19 heavy (non-hydrogen) atoms. The molecule has 0 unspecified atom stereocenters.